The summed E-state index contributed by atoms with van der Waals surface area (Å²) in [5, 5.41) is 31.0. The van der Waals surface area contributed by atoms with Crippen LogP contribution in [0.1, 0.15) is 45.8 Å². The first-order valence-corrected chi connectivity index (χ1v) is 11.1. The van der Waals surface area contributed by atoms with Gasteiger partial charge in [0.1, 0.15) is 5.69 Å². The molecular weight excluding hydrogens is 436 g/mol. The van der Waals surface area contributed by atoms with E-state index in [1.54, 1.807) is 0 Å². The molecule has 0 saturated heterocycles. The van der Waals surface area contributed by atoms with Crippen molar-refractivity contribution in [2.45, 2.75) is 43.9 Å². The fourth-order valence-corrected chi connectivity index (χ4v) is 3.62. The Labute approximate surface area is 196 Å². The highest BCUT2D eigenvalue weighted by Gasteiger charge is 2.26. The van der Waals surface area contributed by atoms with Crippen LogP contribution in [-0.2, 0) is 11.2 Å². The third kappa shape index (κ3) is 6.08. The lowest BCUT2D eigenvalue weighted by Gasteiger charge is -2.20. The molecular formula is C25H26N4O5. The van der Waals surface area contributed by atoms with Gasteiger partial charge in [0.15, 0.2) is 11.8 Å². The zero-order valence-electron chi connectivity index (χ0n) is 18.4. The lowest BCUT2D eigenvalue weighted by Crippen LogP contribution is -2.40. The minimum absolute atomic E-state index is 0.0789. The first-order chi connectivity index (χ1) is 16.4. The molecule has 2 amide bonds. The van der Waals surface area contributed by atoms with Crippen molar-refractivity contribution in [2.24, 2.45) is 0 Å². The third-order valence-corrected chi connectivity index (χ3v) is 5.64. The highest BCUT2D eigenvalue weighted by Crippen LogP contribution is 2.21. The second-order valence-corrected chi connectivity index (χ2v) is 8.44. The van der Waals surface area contributed by atoms with Gasteiger partial charge >= 0.3 is 5.97 Å². The Morgan fingerprint density at radius 1 is 1.00 bits per heavy atom. The molecule has 176 valence electrons. The molecule has 0 spiro atoms. The summed E-state index contributed by atoms with van der Waals surface area (Å²) < 4.78 is 0. The summed E-state index contributed by atoms with van der Waals surface area (Å²) in [7, 11) is 0. The van der Waals surface area contributed by atoms with Crippen LogP contribution in [0, 0.1) is 0 Å². The summed E-state index contributed by atoms with van der Waals surface area (Å²) in [6, 6.07) is 18.5. The molecule has 2 atom stereocenters. The molecule has 3 aromatic rings. The lowest BCUT2D eigenvalue weighted by atomic mass is 9.97. The molecule has 9 heteroatoms. The number of aromatic nitrogens is 2. The summed E-state index contributed by atoms with van der Waals surface area (Å²) in [6.07, 6.45) is 0.377. The monoisotopic (exact) mass is 462 g/mol. The van der Waals surface area contributed by atoms with Gasteiger partial charge in [0.25, 0.3) is 11.8 Å². The average Bonchev–Trinajstić information content (AvgIpc) is 3.50. The molecule has 0 radical (unpaired) electrons. The predicted octanol–water partition coefficient (Wildman–Crippen LogP) is 2.15. The Balaban J connectivity index is 1.44. The maximum absolute atomic E-state index is 12.8. The van der Waals surface area contributed by atoms with Gasteiger partial charge in [-0.15, -0.1) is 0 Å². The number of aliphatic hydroxyl groups is 1. The maximum atomic E-state index is 12.8. The van der Waals surface area contributed by atoms with E-state index in [-0.39, 0.29) is 29.8 Å². The first-order valence-electron chi connectivity index (χ1n) is 11.1. The van der Waals surface area contributed by atoms with Crippen LogP contribution >= 0.6 is 0 Å². The smallest absolute Gasteiger partial charge is 0.332 e. The van der Waals surface area contributed by atoms with Gasteiger partial charge in [-0.05, 0) is 36.0 Å². The normalized spacial score (nSPS) is 14.7. The lowest BCUT2D eigenvalue weighted by molar-refractivity contribution is -0.147. The Morgan fingerprint density at radius 3 is 2.32 bits per heavy atom. The van der Waals surface area contributed by atoms with Crippen molar-refractivity contribution in [3.8, 4) is 11.1 Å². The van der Waals surface area contributed by atoms with Crippen molar-refractivity contribution in [1.29, 1.82) is 0 Å². The van der Waals surface area contributed by atoms with Crippen LogP contribution < -0.4 is 10.6 Å². The highest BCUT2D eigenvalue weighted by molar-refractivity contribution is 5.98. The van der Waals surface area contributed by atoms with Crippen molar-refractivity contribution in [1.82, 2.24) is 20.8 Å². The molecule has 1 aliphatic rings. The van der Waals surface area contributed by atoms with Crippen LogP contribution in [0.15, 0.2) is 60.7 Å². The van der Waals surface area contributed by atoms with E-state index in [4.69, 9.17) is 5.11 Å². The molecule has 0 bridgehead atoms. The summed E-state index contributed by atoms with van der Waals surface area (Å²) in [6.45, 7) is 0. The van der Waals surface area contributed by atoms with Gasteiger partial charge in [-0.3, -0.25) is 14.7 Å². The number of nitrogens with zero attached hydrogens (tertiary/aromatic N) is 1. The summed E-state index contributed by atoms with van der Waals surface area (Å²) in [5.41, 5.74) is 3.16. The molecule has 0 aliphatic heterocycles. The number of nitrogens with one attached hydrogen (secondary N) is 3. The van der Waals surface area contributed by atoms with E-state index in [1.165, 1.54) is 6.07 Å². The van der Waals surface area contributed by atoms with Crippen LogP contribution in [0.25, 0.3) is 11.1 Å². The molecule has 2 aromatic carbocycles. The number of carboxylic acids is 1. The van der Waals surface area contributed by atoms with Crippen molar-refractivity contribution >= 4 is 17.8 Å². The molecule has 1 aromatic heterocycles. The molecule has 34 heavy (non-hydrogen) atoms. The first kappa shape index (κ1) is 23.2. The predicted molar refractivity (Wildman–Crippen MR) is 124 cm³/mol. The average molecular weight is 463 g/mol. The molecule has 1 fully saturated rings. The minimum Gasteiger partial charge on any atom is -0.479 e. The number of hydrogen-bond acceptors (Lipinski definition) is 5. The number of benzene rings is 2. The van der Waals surface area contributed by atoms with Crippen LogP contribution in [-0.4, -0.2) is 56.4 Å². The van der Waals surface area contributed by atoms with E-state index < -0.39 is 24.0 Å². The van der Waals surface area contributed by atoms with Gasteiger partial charge in [-0.25, -0.2) is 4.79 Å². The Hall–Kier alpha value is -3.98. The number of H-pyrrole nitrogens is 1. The SMILES string of the molecule is O=C(NC1CC1)c1cc(C(=O)N[C@H](Cc2ccc(-c3ccccc3)cc2)C[C@@H](O)C(=O)O)[nH]n1. The van der Waals surface area contributed by atoms with Gasteiger partial charge in [0.05, 0.1) is 0 Å². The second-order valence-electron chi connectivity index (χ2n) is 8.44. The molecule has 1 saturated carbocycles. The fraction of sp³-hybridized carbons (Fsp3) is 0.280. The second kappa shape index (κ2) is 10.3. The fourth-order valence-electron chi connectivity index (χ4n) is 3.62. The highest BCUT2D eigenvalue weighted by atomic mass is 16.4. The van der Waals surface area contributed by atoms with Gasteiger partial charge in [0, 0.05) is 24.6 Å². The van der Waals surface area contributed by atoms with Crippen LogP contribution in [0.5, 0.6) is 0 Å². The Bertz CT molecular complexity index is 1160. The van der Waals surface area contributed by atoms with Crippen molar-refractivity contribution in [2.75, 3.05) is 0 Å². The molecule has 1 heterocycles. The Kier molecular flexibility index (Phi) is 7.03. The van der Waals surface area contributed by atoms with Crippen molar-refractivity contribution in [3.63, 3.8) is 0 Å². The van der Waals surface area contributed by atoms with E-state index in [0.717, 1.165) is 29.5 Å². The molecule has 4 rings (SSSR count). The quantitative estimate of drug-likeness (QED) is 0.312. The number of aliphatic hydroxyl groups excluding tert-OH is 1. The standard InChI is InChI=1S/C25H26N4O5/c30-22(25(33)34)13-19(12-15-6-8-17(9-7-15)16-4-2-1-3-5-16)27-24(32)21-14-20(28-29-21)23(31)26-18-10-11-18/h1-9,14,18-19,22,30H,10-13H2,(H,26,31)(H,27,32)(H,28,29)(H,33,34)/t19-,22-/m1/s1. The van der Waals surface area contributed by atoms with E-state index in [9.17, 15) is 19.5 Å². The molecule has 0 unspecified atom stereocenters. The Morgan fingerprint density at radius 2 is 1.68 bits per heavy atom. The summed E-state index contributed by atoms with van der Waals surface area (Å²) in [5.74, 6) is -2.25. The van der Waals surface area contributed by atoms with Gasteiger partial charge in [-0.2, -0.15) is 5.10 Å². The molecule has 5 N–H and O–H groups in total. The van der Waals surface area contributed by atoms with E-state index in [0.29, 0.717) is 6.42 Å². The minimum atomic E-state index is -1.63. The number of aliphatic carboxylic acids is 1. The van der Waals surface area contributed by atoms with Gasteiger partial charge < -0.3 is 20.8 Å². The number of aromatic amines is 1. The number of carbonyl (C=O) groups is 3. The van der Waals surface area contributed by atoms with E-state index >= 15 is 0 Å². The maximum Gasteiger partial charge on any atom is 0.332 e. The zero-order valence-corrected chi connectivity index (χ0v) is 18.4. The number of hydrogen-bond donors (Lipinski definition) is 5. The third-order valence-electron chi connectivity index (χ3n) is 5.64. The number of carbonyl (C=O) groups excluding carboxylic acids is 2. The van der Waals surface area contributed by atoms with E-state index in [2.05, 4.69) is 20.8 Å². The van der Waals surface area contributed by atoms with Crippen molar-refractivity contribution in [3.05, 3.63) is 77.6 Å². The van der Waals surface area contributed by atoms with Crippen LogP contribution in [0.4, 0.5) is 0 Å². The number of amides is 2. The summed E-state index contributed by atoms with van der Waals surface area (Å²) in [4.78, 5) is 36.1. The molecule has 1 aliphatic carbocycles. The zero-order chi connectivity index (χ0) is 24.1. The van der Waals surface area contributed by atoms with Gasteiger partial charge in [-0.1, -0.05) is 54.6 Å². The van der Waals surface area contributed by atoms with Crippen LogP contribution in [0.3, 0.4) is 0 Å². The van der Waals surface area contributed by atoms with E-state index in [1.807, 2.05) is 54.6 Å². The topological polar surface area (TPSA) is 144 Å². The molecule has 9 nitrogen and oxygen atoms in total. The largest absolute Gasteiger partial charge is 0.479 e. The number of rotatable bonds is 10. The van der Waals surface area contributed by atoms with Crippen LogP contribution in [0.2, 0.25) is 0 Å². The van der Waals surface area contributed by atoms with Crippen molar-refractivity contribution < 1.29 is 24.6 Å². The number of carboxylic acid groups (broad SMARTS) is 1. The summed E-state index contributed by atoms with van der Waals surface area (Å²) >= 11 is 0. The van der Waals surface area contributed by atoms with Gasteiger partial charge in [0.2, 0.25) is 0 Å².